The van der Waals surface area contributed by atoms with Crippen LogP contribution in [0.2, 0.25) is 0 Å². The van der Waals surface area contributed by atoms with Crippen molar-refractivity contribution in [2.75, 3.05) is 13.1 Å². The summed E-state index contributed by atoms with van der Waals surface area (Å²) in [7, 11) is 0. The molecule has 2 rings (SSSR count). The number of hydrogen-bond donors (Lipinski definition) is 0. The lowest BCUT2D eigenvalue weighted by molar-refractivity contribution is 0.371. The van der Waals surface area contributed by atoms with Crippen molar-refractivity contribution in [1.29, 1.82) is 0 Å². The standard InChI is InChI=1S/C16H25N/c1-11(2)13(5)17-9-15-7-6-14(12(3)4)8-16(15)10-17/h6-8,11-12,15-16H,5,9-10H2,1-4H3. The molecule has 17 heavy (non-hydrogen) atoms. The van der Waals surface area contributed by atoms with Crippen LogP contribution in [0.25, 0.3) is 0 Å². The summed E-state index contributed by atoms with van der Waals surface area (Å²) in [6.45, 7) is 15.5. The summed E-state index contributed by atoms with van der Waals surface area (Å²) >= 11 is 0. The topological polar surface area (TPSA) is 3.24 Å². The van der Waals surface area contributed by atoms with E-state index >= 15 is 0 Å². The van der Waals surface area contributed by atoms with Gasteiger partial charge in [0, 0.05) is 30.6 Å². The van der Waals surface area contributed by atoms with Crippen molar-refractivity contribution in [2.24, 2.45) is 23.7 Å². The SMILES string of the molecule is C=C(C(C)C)N1CC2C=CC(C(C)C)=CC2C1. The largest absolute Gasteiger partial charge is 0.374 e. The Morgan fingerprint density at radius 2 is 1.88 bits per heavy atom. The Morgan fingerprint density at radius 3 is 2.47 bits per heavy atom. The van der Waals surface area contributed by atoms with Crippen LogP contribution in [0.15, 0.2) is 36.1 Å². The second kappa shape index (κ2) is 4.72. The molecule has 1 nitrogen and oxygen atoms in total. The second-order valence-corrected chi connectivity index (χ2v) is 6.06. The number of fused-ring (bicyclic) bond motifs is 1. The lowest BCUT2D eigenvalue weighted by atomic mass is 9.85. The zero-order chi connectivity index (χ0) is 12.6. The number of allylic oxidation sites excluding steroid dienone is 3. The molecule has 0 amide bonds. The highest BCUT2D eigenvalue weighted by Crippen LogP contribution is 2.35. The maximum Gasteiger partial charge on any atom is 0.0244 e. The second-order valence-electron chi connectivity index (χ2n) is 6.06. The smallest absolute Gasteiger partial charge is 0.0244 e. The summed E-state index contributed by atoms with van der Waals surface area (Å²) in [6, 6.07) is 0. The molecule has 1 saturated heterocycles. The minimum absolute atomic E-state index is 0.563. The summed E-state index contributed by atoms with van der Waals surface area (Å²) < 4.78 is 0. The van der Waals surface area contributed by atoms with Crippen molar-refractivity contribution in [2.45, 2.75) is 27.7 Å². The van der Waals surface area contributed by atoms with Crippen LogP contribution in [0.5, 0.6) is 0 Å². The number of likely N-dealkylation sites (tertiary alicyclic amines) is 1. The van der Waals surface area contributed by atoms with Gasteiger partial charge >= 0.3 is 0 Å². The van der Waals surface area contributed by atoms with Crippen LogP contribution in [0.3, 0.4) is 0 Å². The van der Waals surface area contributed by atoms with Crippen molar-refractivity contribution < 1.29 is 0 Å². The molecule has 1 heteroatoms. The third-order valence-electron chi connectivity index (χ3n) is 4.09. The van der Waals surface area contributed by atoms with Crippen molar-refractivity contribution in [3.63, 3.8) is 0 Å². The molecule has 0 aromatic heterocycles. The van der Waals surface area contributed by atoms with E-state index in [4.69, 9.17) is 0 Å². The molecule has 0 saturated carbocycles. The molecule has 2 unspecified atom stereocenters. The lowest BCUT2D eigenvalue weighted by Crippen LogP contribution is -2.22. The molecular formula is C16H25N. The first-order valence-corrected chi connectivity index (χ1v) is 6.82. The van der Waals surface area contributed by atoms with Crippen LogP contribution in [-0.4, -0.2) is 18.0 Å². The van der Waals surface area contributed by atoms with Crippen molar-refractivity contribution in [3.8, 4) is 0 Å². The van der Waals surface area contributed by atoms with Crippen LogP contribution in [-0.2, 0) is 0 Å². The molecule has 0 aromatic carbocycles. The third kappa shape index (κ3) is 2.48. The number of nitrogens with zero attached hydrogens (tertiary/aromatic N) is 1. The Morgan fingerprint density at radius 1 is 1.24 bits per heavy atom. The zero-order valence-corrected chi connectivity index (χ0v) is 11.6. The van der Waals surface area contributed by atoms with Gasteiger partial charge in [0.1, 0.15) is 0 Å². The third-order valence-corrected chi connectivity index (χ3v) is 4.09. The Balaban J connectivity index is 2.07. The van der Waals surface area contributed by atoms with Gasteiger partial charge in [-0.2, -0.15) is 0 Å². The molecular weight excluding hydrogens is 206 g/mol. The van der Waals surface area contributed by atoms with Gasteiger partial charge in [-0.3, -0.25) is 0 Å². The average molecular weight is 231 g/mol. The fourth-order valence-corrected chi connectivity index (χ4v) is 2.76. The molecule has 1 heterocycles. The molecule has 0 bridgehead atoms. The Hall–Kier alpha value is -0.980. The quantitative estimate of drug-likeness (QED) is 0.713. The van der Waals surface area contributed by atoms with E-state index in [1.165, 1.54) is 11.3 Å². The van der Waals surface area contributed by atoms with E-state index < -0.39 is 0 Å². The highest BCUT2D eigenvalue weighted by Gasteiger charge is 2.32. The van der Waals surface area contributed by atoms with Gasteiger partial charge in [0.25, 0.3) is 0 Å². The van der Waals surface area contributed by atoms with Crippen LogP contribution in [0, 0.1) is 23.7 Å². The fraction of sp³-hybridized carbons (Fsp3) is 0.625. The average Bonchev–Trinajstić information content (AvgIpc) is 2.69. The first-order valence-electron chi connectivity index (χ1n) is 6.82. The molecule has 0 radical (unpaired) electrons. The first kappa shape index (κ1) is 12.5. The summed E-state index contributed by atoms with van der Waals surface area (Å²) in [5.41, 5.74) is 2.80. The van der Waals surface area contributed by atoms with Crippen LogP contribution in [0.1, 0.15) is 27.7 Å². The van der Waals surface area contributed by atoms with E-state index in [9.17, 15) is 0 Å². The number of rotatable bonds is 3. The summed E-state index contributed by atoms with van der Waals surface area (Å²) in [5, 5.41) is 0. The Kier molecular flexibility index (Phi) is 3.46. The monoisotopic (exact) mass is 231 g/mol. The normalized spacial score (nSPS) is 27.6. The van der Waals surface area contributed by atoms with Gasteiger partial charge in [-0.15, -0.1) is 0 Å². The van der Waals surface area contributed by atoms with E-state index in [1.54, 1.807) is 0 Å². The predicted octanol–water partition coefficient (Wildman–Crippen LogP) is 3.86. The summed E-state index contributed by atoms with van der Waals surface area (Å²) in [4.78, 5) is 2.48. The number of hydrogen-bond acceptors (Lipinski definition) is 1. The van der Waals surface area contributed by atoms with Crippen molar-refractivity contribution in [1.82, 2.24) is 4.90 Å². The van der Waals surface area contributed by atoms with Gasteiger partial charge in [-0.05, 0) is 17.4 Å². The molecule has 1 aliphatic heterocycles. The van der Waals surface area contributed by atoms with Gasteiger partial charge in [0.05, 0.1) is 0 Å². The molecule has 2 atom stereocenters. The highest BCUT2D eigenvalue weighted by molar-refractivity contribution is 5.29. The summed E-state index contributed by atoms with van der Waals surface area (Å²) in [5.74, 6) is 2.61. The summed E-state index contributed by atoms with van der Waals surface area (Å²) in [6.07, 6.45) is 7.23. The minimum atomic E-state index is 0.563. The van der Waals surface area contributed by atoms with E-state index in [2.05, 4.69) is 57.4 Å². The van der Waals surface area contributed by atoms with Gasteiger partial charge < -0.3 is 4.90 Å². The van der Waals surface area contributed by atoms with Crippen molar-refractivity contribution >= 4 is 0 Å². The van der Waals surface area contributed by atoms with Gasteiger partial charge in [-0.1, -0.05) is 52.5 Å². The van der Waals surface area contributed by atoms with Crippen LogP contribution in [0.4, 0.5) is 0 Å². The van der Waals surface area contributed by atoms with Gasteiger partial charge in [0.15, 0.2) is 0 Å². The van der Waals surface area contributed by atoms with E-state index in [0.717, 1.165) is 13.1 Å². The maximum atomic E-state index is 4.23. The van der Waals surface area contributed by atoms with Crippen LogP contribution >= 0.6 is 0 Å². The van der Waals surface area contributed by atoms with E-state index in [-0.39, 0.29) is 0 Å². The van der Waals surface area contributed by atoms with Gasteiger partial charge in [-0.25, -0.2) is 0 Å². The van der Waals surface area contributed by atoms with Gasteiger partial charge in [0.2, 0.25) is 0 Å². The van der Waals surface area contributed by atoms with E-state index in [0.29, 0.717) is 23.7 Å². The van der Waals surface area contributed by atoms with Crippen LogP contribution < -0.4 is 0 Å². The predicted molar refractivity (Wildman–Crippen MR) is 74.6 cm³/mol. The molecule has 2 aliphatic rings. The van der Waals surface area contributed by atoms with E-state index in [1.807, 2.05) is 0 Å². The Bertz CT molecular complexity index is 360. The lowest BCUT2D eigenvalue weighted by Gasteiger charge is -2.23. The fourth-order valence-electron chi connectivity index (χ4n) is 2.76. The van der Waals surface area contributed by atoms with Crippen molar-refractivity contribution in [3.05, 3.63) is 36.1 Å². The molecule has 1 aliphatic carbocycles. The minimum Gasteiger partial charge on any atom is -0.374 e. The highest BCUT2D eigenvalue weighted by atomic mass is 15.2. The first-order chi connectivity index (χ1) is 7.99. The molecule has 1 fully saturated rings. The molecule has 0 aromatic rings. The molecule has 0 N–H and O–H groups in total. The molecule has 0 spiro atoms. The molecule has 94 valence electrons. The maximum absolute atomic E-state index is 4.23. The zero-order valence-electron chi connectivity index (χ0n) is 11.6. The Labute approximate surface area is 106 Å².